The number of hydroxylamine groups is 2. The van der Waals surface area contributed by atoms with Gasteiger partial charge in [0.05, 0.1) is 0 Å². The summed E-state index contributed by atoms with van der Waals surface area (Å²) in [6, 6.07) is 9.43. The molecule has 2 rings (SSSR count). The quantitative estimate of drug-likeness (QED) is 0.201. The smallest absolute Gasteiger partial charge is 0.333 e. The first-order valence-electron chi connectivity index (χ1n) is 8.88. The van der Waals surface area contributed by atoms with Crippen molar-refractivity contribution in [3.63, 3.8) is 0 Å². The van der Waals surface area contributed by atoms with Gasteiger partial charge < -0.3 is 4.84 Å². The van der Waals surface area contributed by atoms with Crippen molar-refractivity contribution >= 4 is 17.4 Å². The predicted octanol–water partition coefficient (Wildman–Crippen LogP) is 5.19. The summed E-state index contributed by atoms with van der Waals surface area (Å²) >= 11 is 0. The number of hydrogen-bond acceptors (Lipinski definition) is 3. The second kappa shape index (κ2) is 10.00. The van der Waals surface area contributed by atoms with Crippen molar-refractivity contribution in [1.82, 2.24) is 5.06 Å². The van der Waals surface area contributed by atoms with Gasteiger partial charge in [0.2, 0.25) is 5.82 Å². The number of halogens is 5. The van der Waals surface area contributed by atoms with Crippen LogP contribution in [0.5, 0.6) is 0 Å². The van der Waals surface area contributed by atoms with Gasteiger partial charge in [-0.3, -0.25) is 4.79 Å². The minimum Gasteiger partial charge on any atom is -0.333 e. The summed E-state index contributed by atoms with van der Waals surface area (Å²) in [7, 11) is 0.995. The predicted molar refractivity (Wildman–Crippen MR) is 98.4 cm³/mol. The van der Waals surface area contributed by atoms with Gasteiger partial charge >= 0.3 is 5.97 Å². The highest BCUT2D eigenvalue weighted by Crippen LogP contribution is 2.24. The lowest BCUT2D eigenvalue weighted by atomic mass is 10.0. The Balaban J connectivity index is 1.89. The average molecular weight is 427 g/mol. The lowest BCUT2D eigenvalue weighted by Crippen LogP contribution is -2.31. The second-order valence-corrected chi connectivity index (χ2v) is 6.39. The summed E-state index contributed by atoms with van der Waals surface area (Å²) in [5.74, 6) is -14.2. The summed E-state index contributed by atoms with van der Waals surface area (Å²) in [6.45, 7) is 3.96. The van der Waals surface area contributed by atoms with E-state index >= 15 is 0 Å². The molecule has 0 N–H and O–H groups in total. The molecular weight excluding hydrogens is 409 g/mol. The second-order valence-electron chi connectivity index (χ2n) is 6.39. The van der Waals surface area contributed by atoms with Crippen LogP contribution < -0.4 is 0 Å². The fraction of sp³-hybridized carbons (Fsp3) is 0.238. The lowest BCUT2D eigenvalue weighted by Gasteiger charge is -2.17. The monoisotopic (exact) mass is 427 g/mol. The maximum atomic E-state index is 13.6. The number of amides is 1. The van der Waals surface area contributed by atoms with Crippen LogP contribution in [0.4, 0.5) is 22.0 Å². The Morgan fingerprint density at radius 1 is 0.867 bits per heavy atom. The van der Waals surface area contributed by atoms with Crippen molar-refractivity contribution in [2.45, 2.75) is 25.7 Å². The van der Waals surface area contributed by atoms with E-state index in [-0.39, 0.29) is 6.42 Å². The summed E-state index contributed by atoms with van der Waals surface area (Å²) < 4.78 is 66.7. The molecule has 2 aromatic rings. The van der Waals surface area contributed by atoms with Crippen molar-refractivity contribution < 1.29 is 36.4 Å². The van der Waals surface area contributed by atoms with Crippen molar-refractivity contribution in [2.75, 3.05) is 7.05 Å². The Kier molecular flexibility index (Phi) is 7.68. The van der Waals surface area contributed by atoms with Gasteiger partial charge in [-0.25, -0.2) is 26.7 Å². The van der Waals surface area contributed by atoms with Gasteiger partial charge in [0.25, 0.3) is 5.91 Å². The van der Waals surface area contributed by atoms with Crippen LogP contribution in [0.2, 0.25) is 0 Å². The third-order valence-corrected chi connectivity index (χ3v) is 4.29. The van der Waals surface area contributed by atoms with E-state index < -0.39 is 46.5 Å². The highest BCUT2D eigenvalue weighted by Gasteiger charge is 2.32. The molecule has 0 saturated carbocycles. The van der Waals surface area contributed by atoms with Gasteiger partial charge in [0, 0.05) is 13.5 Å². The Morgan fingerprint density at radius 2 is 1.37 bits per heavy atom. The Morgan fingerprint density at radius 3 is 1.93 bits per heavy atom. The molecule has 0 aliphatic carbocycles. The van der Waals surface area contributed by atoms with Gasteiger partial charge in [-0.1, -0.05) is 36.9 Å². The van der Waals surface area contributed by atoms with Crippen LogP contribution in [0, 0.1) is 29.1 Å². The van der Waals surface area contributed by atoms with Gasteiger partial charge in [0.15, 0.2) is 23.3 Å². The molecule has 2 aromatic carbocycles. The van der Waals surface area contributed by atoms with Crippen LogP contribution in [0.3, 0.4) is 0 Å². The molecule has 9 heteroatoms. The van der Waals surface area contributed by atoms with Gasteiger partial charge in [-0.2, -0.15) is 5.06 Å². The lowest BCUT2D eigenvalue weighted by molar-refractivity contribution is -0.161. The molecule has 0 aromatic heterocycles. The number of allylic oxidation sites excluding steroid dienone is 1. The fourth-order valence-corrected chi connectivity index (χ4v) is 2.60. The van der Waals surface area contributed by atoms with Crippen LogP contribution in [-0.4, -0.2) is 24.0 Å². The molecule has 0 bridgehead atoms. The first-order valence-corrected chi connectivity index (χ1v) is 8.88. The molecule has 1 amide bonds. The van der Waals surface area contributed by atoms with Crippen LogP contribution in [0.15, 0.2) is 36.9 Å². The molecule has 0 atom stereocenters. The summed E-state index contributed by atoms with van der Waals surface area (Å²) in [5.41, 5.74) is 0.0806. The number of benzene rings is 2. The third kappa shape index (κ3) is 5.22. The minimum absolute atomic E-state index is 0.0665. The van der Waals surface area contributed by atoms with E-state index in [0.717, 1.165) is 18.2 Å². The first kappa shape index (κ1) is 23.1. The Hall–Kier alpha value is -3.23. The Labute approximate surface area is 169 Å². The average Bonchev–Trinajstić information content (AvgIpc) is 2.74. The number of rotatable bonds is 7. The molecule has 0 heterocycles. The summed E-state index contributed by atoms with van der Waals surface area (Å²) in [6.07, 6.45) is 1.54. The molecule has 0 aliphatic heterocycles. The number of unbranched alkanes of at least 4 members (excludes halogenated alkanes) is 1. The molecule has 0 fully saturated rings. The zero-order valence-electron chi connectivity index (χ0n) is 16.0. The molecule has 0 aliphatic rings. The number of nitrogens with zero attached hydrogens (tertiary/aromatic N) is 1. The maximum absolute atomic E-state index is 13.6. The number of hydrogen-bond donors (Lipinski definition) is 0. The molecule has 30 heavy (non-hydrogen) atoms. The van der Waals surface area contributed by atoms with Crippen LogP contribution in [-0.2, 0) is 9.63 Å². The molecule has 4 nitrogen and oxygen atoms in total. The molecule has 160 valence electrons. The first-order chi connectivity index (χ1) is 14.1. The van der Waals surface area contributed by atoms with Crippen LogP contribution in [0.1, 0.15) is 41.6 Å². The van der Waals surface area contributed by atoms with Crippen molar-refractivity contribution in [3.8, 4) is 0 Å². The number of carbonyl (C=O) groups is 2. The van der Waals surface area contributed by atoms with Crippen molar-refractivity contribution in [3.05, 3.63) is 77.1 Å². The van der Waals surface area contributed by atoms with Crippen LogP contribution in [0.25, 0.3) is 5.57 Å². The standard InChI is InChI=1S/C21H18F5NO3/c1-12(13-9-4-3-5-10-13)8-6-7-11-14(28)27(2)30-21(29)15-16(22)18(24)20(26)19(25)17(15)23/h3-5,9-10H,1,6-8,11H2,2H3. The zero-order chi connectivity index (χ0) is 22.4. The van der Waals surface area contributed by atoms with Crippen molar-refractivity contribution in [2.24, 2.45) is 0 Å². The fourth-order valence-electron chi connectivity index (χ4n) is 2.60. The summed E-state index contributed by atoms with van der Waals surface area (Å²) in [4.78, 5) is 28.3. The topological polar surface area (TPSA) is 46.6 Å². The summed E-state index contributed by atoms with van der Waals surface area (Å²) in [5, 5.41) is 0.395. The normalized spacial score (nSPS) is 10.6. The molecule has 0 saturated heterocycles. The Bertz CT molecular complexity index is 934. The molecule has 0 radical (unpaired) electrons. The van der Waals surface area contributed by atoms with Gasteiger partial charge in [-0.15, -0.1) is 0 Å². The van der Waals surface area contributed by atoms with Crippen molar-refractivity contribution in [1.29, 1.82) is 0 Å². The van der Waals surface area contributed by atoms with Gasteiger partial charge in [-0.05, 0) is 30.4 Å². The molecule has 0 spiro atoms. The molecule has 0 unspecified atom stereocenters. The van der Waals surface area contributed by atoms with E-state index in [1.807, 2.05) is 30.3 Å². The number of carbonyl (C=O) groups excluding carboxylic acids is 2. The van der Waals surface area contributed by atoms with E-state index in [2.05, 4.69) is 11.4 Å². The van der Waals surface area contributed by atoms with E-state index in [0.29, 0.717) is 24.3 Å². The largest absolute Gasteiger partial charge is 0.369 e. The van der Waals surface area contributed by atoms with E-state index in [1.54, 1.807) is 0 Å². The van der Waals surface area contributed by atoms with E-state index in [9.17, 15) is 31.5 Å². The van der Waals surface area contributed by atoms with E-state index in [4.69, 9.17) is 0 Å². The highest BCUT2D eigenvalue weighted by molar-refractivity contribution is 5.91. The minimum atomic E-state index is -2.40. The highest BCUT2D eigenvalue weighted by atomic mass is 19.2. The van der Waals surface area contributed by atoms with Crippen LogP contribution >= 0.6 is 0 Å². The molecular formula is C21H18F5NO3. The SMILES string of the molecule is C=C(CCCCC(=O)N(C)OC(=O)c1c(F)c(F)c(F)c(F)c1F)c1ccccc1. The van der Waals surface area contributed by atoms with E-state index in [1.165, 1.54) is 0 Å². The third-order valence-electron chi connectivity index (χ3n) is 4.29. The maximum Gasteiger partial charge on any atom is 0.369 e. The van der Waals surface area contributed by atoms with Gasteiger partial charge in [0.1, 0.15) is 5.56 Å². The zero-order valence-corrected chi connectivity index (χ0v) is 16.0.